The smallest absolute Gasteiger partial charge is 0.231 e. The van der Waals surface area contributed by atoms with E-state index in [-0.39, 0.29) is 22.4 Å². The van der Waals surface area contributed by atoms with Gasteiger partial charge in [-0.25, -0.2) is 13.8 Å². The average Bonchev–Trinajstić information content (AvgIpc) is 3.06. The molecule has 2 atom stereocenters. The third-order valence-corrected chi connectivity index (χ3v) is 5.48. The number of nitrogens with one attached hydrogen (secondary N) is 2. The molecule has 0 bridgehead atoms. The van der Waals surface area contributed by atoms with E-state index < -0.39 is 17.9 Å². The Balaban J connectivity index is 1.58. The topological polar surface area (TPSA) is 75.1 Å². The van der Waals surface area contributed by atoms with Crippen molar-refractivity contribution in [1.82, 2.24) is 19.6 Å². The summed E-state index contributed by atoms with van der Waals surface area (Å²) in [7, 11) is 0. The van der Waals surface area contributed by atoms with Gasteiger partial charge in [0.05, 0.1) is 28.9 Å². The number of H-pyrrole nitrogens is 1. The average molecular weight is 422 g/mol. The normalized spacial score (nSPS) is 18.7. The first-order valence-electron chi connectivity index (χ1n) is 8.37. The van der Waals surface area contributed by atoms with Gasteiger partial charge in [0.15, 0.2) is 11.6 Å². The summed E-state index contributed by atoms with van der Waals surface area (Å²) >= 11 is 12.2. The third kappa shape index (κ3) is 2.63. The summed E-state index contributed by atoms with van der Waals surface area (Å²) in [5.74, 6) is -1.42. The van der Waals surface area contributed by atoms with Crippen LogP contribution in [-0.2, 0) is 4.79 Å². The van der Waals surface area contributed by atoms with E-state index in [0.717, 1.165) is 0 Å². The fourth-order valence-corrected chi connectivity index (χ4v) is 3.81. The standard InChI is InChI=1S/C18H11Cl2F2N5O/c19-14-13(9-4-23-26-17(9)15(20)16(14)22)7-1-2-12-24-11(6-27(12)5-7)25-18(28)8-3-10(8)21/h1-2,4-6,8,10H,3H2,(H,23,26)(H,25,28)/t8-,10+/m1/s1. The van der Waals surface area contributed by atoms with E-state index >= 15 is 0 Å². The first-order valence-corrected chi connectivity index (χ1v) is 9.13. The van der Waals surface area contributed by atoms with Crippen LogP contribution in [-0.4, -0.2) is 31.7 Å². The van der Waals surface area contributed by atoms with Crippen molar-refractivity contribution in [2.24, 2.45) is 5.92 Å². The molecule has 0 aliphatic heterocycles. The van der Waals surface area contributed by atoms with Crippen LogP contribution >= 0.6 is 23.2 Å². The third-order valence-electron chi connectivity index (χ3n) is 4.77. The molecular weight excluding hydrogens is 411 g/mol. The van der Waals surface area contributed by atoms with E-state index in [2.05, 4.69) is 20.5 Å². The van der Waals surface area contributed by atoms with Gasteiger partial charge >= 0.3 is 0 Å². The lowest BCUT2D eigenvalue weighted by atomic mass is 10.0. The number of benzene rings is 1. The summed E-state index contributed by atoms with van der Waals surface area (Å²) in [6, 6.07) is 3.43. The number of aromatic nitrogens is 4. The predicted molar refractivity (Wildman–Crippen MR) is 102 cm³/mol. The molecule has 4 aromatic rings. The zero-order chi connectivity index (χ0) is 19.6. The van der Waals surface area contributed by atoms with Crippen molar-refractivity contribution in [1.29, 1.82) is 0 Å². The summed E-state index contributed by atoms with van der Waals surface area (Å²) in [6.45, 7) is 0. The van der Waals surface area contributed by atoms with E-state index in [1.165, 1.54) is 6.20 Å². The summed E-state index contributed by atoms with van der Waals surface area (Å²) < 4.78 is 29.1. The van der Waals surface area contributed by atoms with Crippen molar-refractivity contribution >= 4 is 51.5 Å². The first kappa shape index (κ1) is 17.4. The Morgan fingerprint density at radius 1 is 1.29 bits per heavy atom. The second-order valence-electron chi connectivity index (χ2n) is 6.63. The number of carbonyl (C=O) groups is 1. The predicted octanol–water partition coefficient (Wildman–Crippen LogP) is 4.62. The molecule has 2 N–H and O–H groups in total. The number of aromatic amines is 1. The SMILES string of the molecule is O=C(Nc1cn2cc(-c3c(Cl)c(F)c(Cl)c4[nH]ncc34)ccc2n1)[C@@H]1C[C@@H]1F. The molecule has 1 aliphatic rings. The Bertz CT molecular complexity index is 1270. The zero-order valence-electron chi connectivity index (χ0n) is 14.0. The highest BCUT2D eigenvalue weighted by molar-refractivity contribution is 6.41. The fraction of sp³-hybridized carbons (Fsp3) is 0.167. The quantitative estimate of drug-likeness (QED) is 0.473. The molecule has 6 nitrogen and oxygen atoms in total. The molecule has 1 fully saturated rings. The lowest BCUT2D eigenvalue weighted by Crippen LogP contribution is -2.15. The molecule has 5 rings (SSSR count). The number of carbonyl (C=O) groups excluding carboxylic acids is 1. The van der Waals surface area contributed by atoms with E-state index in [9.17, 15) is 13.6 Å². The van der Waals surface area contributed by atoms with Gasteiger partial charge < -0.3 is 9.72 Å². The van der Waals surface area contributed by atoms with Crippen molar-refractivity contribution in [3.05, 3.63) is 46.6 Å². The molecule has 1 amide bonds. The summed E-state index contributed by atoms with van der Waals surface area (Å²) in [6.07, 6.45) is 3.98. The lowest BCUT2D eigenvalue weighted by Gasteiger charge is -2.09. The van der Waals surface area contributed by atoms with Crippen LogP contribution < -0.4 is 5.32 Å². The number of rotatable bonds is 3. The molecule has 0 radical (unpaired) electrons. The van der Waals surface area contributed by atoms with E-state index in [0.29, 0.717) is 33.5 Å². The summed E-state index contributed by atoms with van der Waals surface area (Å²) in [4.78, 5) is 16.2. The first-order chi connectivity index (χ1) is 13.4. The highest BCUT2D eigenvalue weighted by Crippen LogP contribution is 2.41. The molecule has 10 heteroatoms. The maximum atomic E-state index is 14.5. The van der Waals surface area contributed by atoms with Crippen molar-refractivity contribution in [2.45, 2.75) is 12.6 Å². The van der Waals surface area contributed by atoms with Gasteiger partial charge in [-0.15, -0.1) is 0 Å². The molecule has 142 valence electrons. The van der Waals surface area contributed by atoms with Crippen LogP contribution in [0.3, 0.4) is 0 Å². The van der Waals surface area contributed by atoms with Crippen molar-refractivity contribution in [3.63, 3.8) is 0 Å². The second kappa shape index (κ2) is 6.15. The van der Waals surface area contributed by atoms with Gasteiger partial charge in [-0.2, -0.15) is 5.10 Å². The minimum atomic E-state index is -1.08. The van der Waals surface area contributed by atoms with Gasteiger partial charge in [0.1, 0.15) is 16.8 Å². The van der Waals surface area contributed by atoms with Crippen molar-refractivity contribution < 1.29 is 13.6 Å². The molecule has 3 heterocycles. The molecule has 28 heavy (non-hydrogen) atoms. The highest BCUT2D eigenvalue weighted by atomic mass is 35.5. The maximum Gasteiger partial charge on any atom is 0.231 e. The molecule has 1 aromatic carbocycles. The molecule has 3 aromatic heterocycles. The van der Waals surface area contributed by atoms with E-state index in [1.807, 2.05) is 0 Å². The van der Waals surface area contributed by atoms with E-state index in [1.54, 1.807) is 28.9 Å². The van der Waals surface area contributed by atoms with Gasteiger partial charge in [-0.3, -0.25) is 9.89 Å². The van der Waals surface area contributed by atoms with Crippen LogP contribution in [0.15, 0.2) is 30.7 Å². The molecular formula is C18H11Cl2F2N5O. The molecule has 1 aliphatic carbocycles. The van der Waals surface area contributed by atoms with Crippen LogP contribution in [0.2, 0.25) is 10.0 Å². The van der Waals surface area contributed by atoms with Crippen LogP contribution in [0.4, 0.5) is 14.6 Å². The van der Waals surface area contributed by atoms with Gasteiger partial charge in [0.2, 0.25) is 5.91 Å². The number of halogens is 4. The lowest BCUT2D eigenvalue weighted by molar-refractivity contribution is -0.117. The fourth-order valence-electron chi connectivity index (χ4n) is 3.21. The van der Waals surface area contributed by atoms with Crippen LogP contribution in [0, 0.1) is 11.7 Å². The monoisotopic (exact) mass is 421 g/mol. The maximum absolute atomic E-state index is 14.5. The Labute approximate surface area is 166 Å². The van der Waals surface area contributed by atoms with Gasteiger partial charge in [0.25, 0.3) is 0 Å². The number of hydrogen-bond donors (Lipinski definition) is 2. The van der Waals surface area contributed by atoms with Crippen molar-refractivity contribution in [2.75, 3.05) is 5.32 Å². The molecule has 0 spiro atoms. The Morgan fingerprint density at radius 3 is 2.82 bits per heavy atom. The van der Waals surface area contributed by atoms with Crippen LogP contribution in [0.5, 0.6) is 0 Å². The number of anilines is 1. The Morgan fingerprint density at radius 2 is 2.07 bits per heavy atom. The number of nitrogens with zero attached hydrogens (tertiary/aromatic N) is 3. The minimum Gasteiger partial charge on any atom is -0.309 e. The number of imidazole rings is 1. The highest BCUT2D eigenvalue weighted by Gasteiger charge is 2.43. The number of fused-ring (bicyclic) bond motifs is 2. The Kier molecular flexibility index (Phi) is 3.82. The van der Waals surface area contributed by atoms with Gasteiger partial charge in [-0.05, 0) is 18.6 Å². The van der Waals surface area contributed by atoms with E-state index in [4.69, 9.17) is 23.2 Å². The van der Waals surface area contributed by atoms with Gasteiger partial charge in [-0.1, -0.05) is 23.2 Å². The summed E-state index contributed by atoms with van der Waals surface area (Å²) in [5, 5.41) is 9.54. The Hall–Kier alpha value is -2.71. The number of amides is 1. The van der Waals surface area contributed by atoms with Gasteiger partial charge in [0, 0.05) is 22.7 Å². The largest absolute Gasteiger partial charge is 0.309 e. The number of hydrogen-bond acceptors (Lipinski definition) is 3. The second-order valence-corrected chi connectivity index (χ2v) is 7.39. The van der Waals surface area contributed by atoms with Crippen LogP contribution in [0.1, 0.15) is 6.42 Å². The molecule has 1 saturated carbocycles. The minimum absolute atomic E-state index is 0.116. The van der Waals surface area contributed by atoms with Crippen LogP contribution in [0.25, 0.3) is 27.7 Å². The van der Waals surface area contributed by atoms with Crippen molar-refractivity contribution in [3.8, 4) is 11.1 Å². The molecule has 0 unspecified atom stereocenters. The molecule has 0 saturated heterocycles. The zero-order valence-corrected chi connectivity index (χ0v) is 15.5. The number of alkyl halides is 1. The number of pyridine rings is 1. The summed E-state index contributed by atoms with van der Waals surface area (Å²) in [5.41, 5.74) is 1.95.